The molecule has 0 unspecified atom stereocenters. The van der Waals surface area contributed by atoms with Crippen LogP contribution in [0.3, 0.4) is 0 Å². The maximum Gasteiger partial charge on any atom is 0.133 e. The van der Waals surface area contributed by atoms with E-state index in [0.717, 1.165) is 17.7 Å². The van der Waals surface area contributed by atoms with E-state index in [1.54, 1.807) is 6.07 Å². The van der Waals surface area contributed by atoms with Gasteiger partial charge in [-0.15, -0.1) is 0 Å². The van der Waals surface area contributed by atoms with Crippen LogP contribution in [0, 0.1) is 5.82 Å². The van der Waals surface area contributed by atoms with Crippen LogP contribution in [0.4, 0.5) is 10.1 Å². The Morgan fingerprint density at radius 1 is 1.11 bits per heavy atom. The van der Waals surface area contributed by atoms with Gasteiger partial charge < -0.3 is 10.5 Å². The van der Waals surface area contributed by atoms with Gasteiger partial charge >= 0.3 is 0 Å². The van der Waals surface area contributed by atoms with Crippen LogP contribution in [-0.2, 0) is 6.42 Å². The van der Waals surface area contributed by atoms with E-state index in [4.69, 9.17) is 10.5 Å². The Labute approximate surface area is 114 Å². The molecule has 0 spiro atoms. The number of anilines is 1. The van der Waals surface area contributed by atoms with Gasteiger partial charge in [-0.2, -0.15) is 0 Å². The normalized spacial score (nSPS) is 10.3. The second kappa shape index (κ2) is 5.87. The monoisotopic (exact) mass is 309 g/mol. The van der Waals surface area contributed by atoms with Crippen LogP contribution in [0.25, 0.3) is 0 Å². The molecular formula is C14H13BrFNO. The third-order valence-electron chi connectivity index (χ3n) is 2.52. The highest BCUT2D eigenvalue weighted by molar-refractivity contribution is 9.10. The van der Waals surface area contributed by atoms with Crippen LogP contribution in [-0.4, -0.2) is 6.61 Å². The molecule has 2 rings (SSSR count). The highest BCUT2D eigenvalue weighted by atomic mass is 79.9. The maximum absolute atomic E-state index is 12.9. The van der Waals surface area contributed by atoms with Gasteiger partial charge in [-0.05, 0) is 51.8 Å². The van der Waals surface area contributed by atoms with Crippen LogP contribution in [0.1, 0.15) is 5.56 Å². The fraction of sp³-hybridized carbons (Fsp3) is 0.143. The third-order valence-corrected chi connectivity index (χ3v) is 3.14. The van der Waals surface area contributed by atoms with Gasteiger partial charge in [0.1, 0.15) is 11.6 Å². The molecule has 0 aromatic heterocycles. The number of halogens is 2. The Morgan fingerprint density at radius 2 is 1.83 bits per heavy atom. The van der Waals surface area contributed by atoms with Gasteiger partial charge in [-0.25, -0.2) is 4.39 Å². The summed E-state index contributed by atoms with van der Waals surface area (Å²) >= 11 is 3.26. The summed E-state index contributed by atoms with van der Waals surface area (Å²) in [6, 6.07) is 12.0. The van der Waals surface area contributed by atoms with Gasteiger partial charge in [0.05, 0.1) is 11.1 Å². The van der Waals surface area contributed by atoms with Crippen molar-refractivity contribution in [3.05, 3.63) is 58.3 Å². The van der Waals surface area contributed by atoms with Crippen molar-refractivity contribution in [1.29, 1.82) is 0 Å². The summed E-state index contributed by atoms with van der Waals surface area (Å²) in [6.07, 6.45) is 0.782. The predicted octanol–water partition coefficient (Wildman–Crippen LogP) is 3.79. The minimum atomic E-state index is -0.284. The lowest BCUT2D eigenvalue weighted by molar-refractivity contribution is 0.319. The highest BCUT2D eigenvalue weighted by Gasteiger charge is 2.02. The minimum absolute atomic E-state index is 0.284. The summed E-state index contributed by atoms with van der Waals surface area (Å²) in [6.45, 7) is 0.536. The predicted molar refractivity (Wildman–Crippen MR) is 74.2 cm³/mol. The van der Waals surface area contributed by atoms with Gasteiger partial charge in [-0.1, -0.05) is 12.1 Å². The maximum atomic E-state index is 12.9. The van der Waals surface area contributed by atoms with Gasteiger partial charge in [-0.3, -0.25) is 0 Å². The highest BCUT2D eigenvalue weighted by Crippen LogP contribution is 2.25. The van der Waals surface area contributed by atoms with E-state index >= 15 is 0 Å². The van der Waals surface area contributed by atoms with E-state index < -0.39 is 0 Å². The van der Waals surface area contributed by atoms with Crippen molar-refractivity contribution < 1.29 is 9.13 Å². The number of benzene rings is 2. The molecule has 0 fully saturated rings. The molecule has 2 nitrogen and oxygen atoms in total. The van der Waals surface area contributed by atoms with E-state index in [1.807, 2.05) is 24.3 Å². The van der Waals surface area contributed by atoms with Crippen molar-refractivity contribution in [3.63, 3.8) is 0 Å². The molecule has 0 aliphatic carbocycles. The quantitative estimate of drug-likeness (QED) is 0.872. The fourth-order valence-corrected chi connectivity index (χ4v) is 2.02. The number of hydrogen-bond donors (Lipinski definition) is 1. The second-order valence-electron chi connectivity index (χ2n) is 3.91. The number of ether oxygens (including phenoxy) is 1. The molecule has 2 aromatic carbocycles. The Bertz CT molecular complexity index is 528. The molecule has 0 aliphatic heterocycles. The molecule has 0 saturated carbocycles. The molecule has 0 atom stereocenters. The van der Waals surface area contributed by atoms with Crippen LogP contribution in [0.15, 0.2) is 46.9 Å². The lowest BCUT2D eigenvalue weighted by Gasteiger charge is -2.08. The first-order valence-electron chi connectivity index (χ1n) is 5.57. The topological polar surface area (TPSA) is 35.2 Å². The fourth-order valence-electron chi connectivity index (χ4n) is 1.56. The second-order valence-corrected chi connectivity index (χ2v) is 4.77. The molecule has 0 radical (unpaired) electrons. The first-order chi connectivity index (χ1) is 8.65. The van der Waals surface area contributed by atoms with Gasteiger partial charge in [0.2, 0.25) is 0 Å². The van der Waals surface area contributed by atoms with Gasteiger partial charge in [0.25, 0.3) is 0 Å². The average molecular weight is 310 g/mol. The largest absolute Gasteiger partial charge is 0.492 e. The summed E-state index contributed by atoms with van der Waals surface area (Å²) in [5.41, 5.74) is 7.51. The van der Waals surface area contributed by atoms with Gasteiger partial charge in [0.15, 0.2) is 0 Å². The number of nitrogen functional groups attached to an aromatic ring is 1. The Morgan fingerprint density at radius 3 is 2.50 bits per heavy atom. The van der Waals surface area contributed by atoms with Crippen molar-refractivity contribution >= 4 is 21.6 Å². The molecule has 0 heterocycles. The molecule has 0 amide bonds. The number of hydrogen-bond acceptors (Lipinski definition) is 2. The van der Waals surface area contributed by atoms with Crippen LogP contribution < -0.4 is 10.5 Å². The smallest absolute Gasteiger partial charge is 0.133 e. The van der Waals surface area contributed by atoms with Gasteiger partial charge in [0, 0.05) is 12.1 Å². The number of nitrogens with two attached hydrogens (primary N) is 1. The average Bonchev–Trinajstić information content (AvgIpc) is 2.34. The van der Waals surface area contributed by atoms with E-state index in [-0.39, 0.29) is 5.82 Å². The van der Waals surface area contributed by atoms with E-state index in [1.165, 1.54) is 12.1 Å². The number of rotatable bonds is 4. The summed E-state index contributed by atoms with van der Waals surface area (Å²) in [7, 11) is 0. The zero-order valence-corrected chi connectivity index (χ0v) is 11.3. The van der Waals surface area contributed by atoms with E-state index in [9.17, 15) is 4.39 Å². The Balaban J connectivity index is 1.90. The Hall–Kier alpha value is -1.55. The minimum Gasteiger partial charge on any atom is -0.492 e. The molecule has 0 saturated heterocycles. The molecule has 2 aromatic rings. The van der Waals surface area contributed by atoms with Crippen molar-refractivity contribution in [2.75, 3.05) is 12.3 Å². The van der Waals surface area contributed by atoms with E-state index in [0.29, 0.717) is 16.8 Å². The molecule has 4 heteroatoms. The molecule has 0 aliphatic rings. The summed E-state index contributed by atoms with van der Waals surface area (Å²) < 4.78 is 19.1. The van der Waals surface area contributed by atoms with Crippen LogP contribution in [0.2, 0.25) is 0 Å². The summed E-state index contributed by atoms with van der Waals surface area (Å²) in [5, 5.41) is 0. The summed E-state index contributed by atoms with van der Waals surface area (Å²) in [4.78, 5) is 0. The molecule has 0 bridgehead atoms. The molecule has 18 heavy (non-hydrogen) atoms. The molecule has 94 valence electrons. The first-order valence-corrected chi connectivity index (χ1v) is 6.37. The third kappa shape index (κ3) is 3.47. The standard InChI is InChI=1S/C14H13BrFNO/c15-13-9-11(16)3-6-14(13)18-8-7-10-1-4-12(17)5-2-10/h1-6,9H,7-8,17H2. The van der Waals surface area contributed by atoms with Crippen molar-refractivity contribution in [2.45, 2.75) is 6.42 Å². The van der Waals surface area contributed by atoms with Crippen molar-refractivity contribution in [2.24, 2.45) is 0 Å². The Kier molecular flexibility index (Phi) is 4.20. The summed E-state index contributed by atoms with van der Waals surface area (Å²) in [5.74, 6) is 0.361. The zero-order valence-electron chi connectivity index (χ0n) is 9.70. The van der Waals surface area contributed by atoms with Crippen molar-refractivity contribution in [1.82, 2.24) is 0 Å². The SMILES string of the molecule is Nc1ccc(CCOc2ccc(F)cc2Br)cc1. The molecular weight excluding hydrogens is 297 g/mol. The van der Waals surface area contributed by atoms with Crippen molar-refractivity contribution in [3.8, 4) is 5.75 Å². The first kappa shape index (κ1) is 12.9. The molecule has 2 N–H and O–H groups in total. The van der Waals surface area contributed by atoms with E-state index in [2.05, 4.69) is 15.9 Å². The lowest BCUT2D eigenvalue weighted by Crippen LogP contribution is -2.02. The lowest BCUT2D eigenvalue weighted by atomic mass is 10.1. The van der Waals surface area contributed by atoms with Crippen LogP contribution in [0.5, 0.6) is 5.75 Å². The zero-order chi connectivity index (χ0) is 13.0. The van der Waals surface area contributed by atoms with Crippen LogP contribution >= 0.6 is 15.9 Å².